The molecule has 0 aliphatic rings. The maximum absolute atomic E-state index is 12.1. The lowest BCUT2D eigenvalue weighted by Crippen LogP contribution is -2.35. The standard InChI is InChI=1S/C12H15F3N4O3S/c13-12(14,15)8-18-11(6-19(21)22)17-4-5-23-7-9-10(20)2-1-3-16-9/h1-3,6,17-18,20H,4-5,7-8H2. The van der Waals surface area contributed by atoms with E-state index in [1.54, 1.807) is 6.07 Å². The first kappa shape index (κ1) is 18.9. The molecule has 0 radical (unpaired) electrons. The molecule has 0 amide bonds. The van der Waals surface area contributed by atoms with Crippen molar-refractivity contribution in [2.75, 3.05) is 18.8 Å². The van der Waals surface area contributed by atoms with E-state index in [1.165, 1.54) is 24.0 Å². The van der Waals surface area contributed by atoms with E-state index in [-0.39, 0.29) is 18.1 Å². The summed E-state index contributed by atoms with van der Waals surface area (Å²) >= 11 is 1.37. The second kappa shape index (κ2) is 9.08. The Morgan fingerprint density at radius 2 is 2.22 bits per heavy atom. The molecule has 0 aromatic carbocycles. The van der Waals surface area contributed by atoms with Gasteiger partial charge in [0.2, 0.25) is 0 Å². The van der Waals surface area contributed by atoms with Crippen LogP contribution < -0.4 is 10.6 Å². The number of nitrogens with zero attached hydrogens (tertiary/aromatic N) is 2. The summed E-state index contributed by atoms with van der Waals surface area (Å²) in [5, 5.41) is 24.3. The molecule has 0 saturated carbocycles. The number of nitrogens with one attached hydrogen (secondary N) is 2. The summed E-state index contributed by atoms with van der Waals surface area (Å²) in [6.45, 7) is -1.16. The van der Waals surface area contributed by atoms with Crippen molar-refractivity contribution in [3.8, 4) is 5.75 Å². The minimum atomic E-state index is -4.47. The third-order valence-corrected chi connectivity index (χ3v) is 3.35. The zero-order valence-electron chi connectivity index (χ0n) is 11.8. The fourth-order valence-corrected chi connectivity index (χ4v) is 2.23. The Balaban J connectivity index is 2.35. The number of pyridine rings is 1. The number of aromatic hydroxyl groups is 1. The number of hydrogen-bond acceptors (Lipinski definition) is 7. The average molecular weight is 352 g/mol. The van der Waals surface area contributed by atoms with Crippen LogP contribution in [0.4, 0.5) is 13.2 Å². The number of nitro groups is 1. The summed E-state index contributed by atoms with van der Waals surface area (Å²) < 4.78 is 36.3. The van der Waals surface area contributed by atoms with E-state index in [0.717, 1.165) is 0 Å². The van der Waals surface area contributed by atoms with Crippen molar-refractivity contribution < 1.29 is 23.2 Å². The number of alkyl halides is 3. The Hall–Kier alpha value is -2.17. The monoisotopic (exact) mass is 352 g/mol. The van der Waals surface area contributed by atoms with Gasteiger partial charge in [-0.2, -0.15) is 24.9 Å². The van der Waals surface area contributed by atoms with Crippen LogP contribution in [0.5, 0.6) is 5.75 Å². The second-order valence-corrected chi connectivity index (χ2v) is 5.35. The summed E-state index contributed by atoms with van der Waals surface area (Å²) in [6, 6.07) is 3.09. The SMILES string of the molecule is O=[N+]([O-])C=C(NCCSCc1ncccc1O)NCC(F)(F)F. The summed E-state index contributed by atoms with van der Waals surface area (Å²) in [5.74, 6) is 0.625. The van der Waals surface area contributed by atoms with Gasteiger partial charge in [0.25, 0.3) is 6.20 Å². The Bertz CT molecular complexity index is 555. The quantitative estimate of drug-likeness (QED) is 0.354. The van der Waals surface area contributed by atoms with Gasteiger partial charge in [0.15, 0.2) is 5.82 Å². The first-order chi connectivity index (χ1) is 10.8. The lowest BCUT2D eigenvalue weighted by molar-refractivity contribution is -0.404. The lowest BCUT2D eigenvalue weighted by Gasteiger charge is -2.13. The van der Waals surface area contributed by atoms with Crippen molar-refractivity contribution in [1.82, 2.24) is 15.6 Å². The van der Waals surface area contributed by atoms with Crippen LogP contribution in [0.2, 0.25) is 0 Å². The van der Waals surface area contributed by atoms with Crippen LogP contribution in [0, 0.1) is 10.1 Å². The highest BCUT2D eigenvalue weighted by Crippen LogP contribution is 2.18. The van der Waals surface area contributed by atoms with Gasteiger partial charge in [-0.25, -0.2) is 0 Å². The Labute approximate surface area is 134 Å². The van der Waals surface area contributed by atoms with Crippen molar-refractivity contribution >= 4 is 11.8 Å². The van der Waals surface area contributed by atoms with E-state index in [9.17, 15) is 28.4 Å². The Kier molecular flexibility index (Phi) is 7.45. The topological polar surface area (TPSA) is 100 Å². The van der Waals surface area contributed by atoms with E-state index < -0.39 is 17.6 Å². The zero-order valence-corrected chi connectivity index (χ0v) is 12.7. The van der Waals surface area contributed by atoms with Gasteiger partial charge in [0.05, 0.1) is 10.6 Å². The van der Waals surface area contributed by atoms with Gasteiger partial charge in [0.1, 0.15) is 12.3 Å². The summed E-state index contributed by atoms with van der Waals surface area (Å²) in [6.07, 6.45) is -2.49. The number of halogens is 3. The first-order valence-electron chi connectivity index (χ1n) is 6.38. The molecule has 11 heteroatoms. The van der Waals surface area contributed by atoms with Crippen molar-refractivity contribution in [3.05, 3.63) is 46.2 Å². The molecule has 0 atom stereocenters. The second-order valence-electron chi connectivity index (χ2n) is 4.25. The zero-order chi connectivity index (χ0) is 17.3. The van der Waals surface area contributed by atoms with Crippen LogP contribution in [0.15, 0.2) is 30.4 Å². The maximum Gasteiger partial charge on any atom is 0.405 e. The van der Waals surface area contributed by atoms with Gasteiger partial charge < -0.3 is 15.7 Å². The molecular formula is C12H15F3N4O3S. The maximum atomic E-state index is 12.1. The molecule has 1 aromatic heterocycles. The van der Waals surface area contributed by atoms with Crippen LogP contribution in [0.1, 0.15) is 5.69 Å². The first-order valence-corrected chi connectivity index (χ1v) is 7.54. The highest BCUT2D eigenvalue weighted by atomic mass is 32.2. The molecule has 0 aliphatic carbocycles. The van der Waals surface area contributed by atoms with Crippen LogP contribution in [0.3, 0.4) is 0 Å². The van der Waals surface area contributed by atoms with Crippen molar-refractivity contribution in [1.29, 1.82) is 0 Å². The molecule has 128 valence electrons. The van der Waals surface area contributed by atoms with Gasteiger partial charge in [0, 0.05) is 24.2 Å². The number of aromatic nitrogens is 1. The van der Waals surface area contributed by atoms with Gasteiger partial charge >= 0.3 is 6.18 Å². The number of thioether (sulfide) groups is 1. The van der Waals surface area contributed by atoms with E-state index in [4.69, 9.17) is 0 Å². The molecule has 7 nitrogen and oxygen atoms in total. The predicted octanol–water partition coefficient (Wildman–Crippen LogP) is 1.84. The van der Waals surface area contributed by atoms with Crippen LogP contribution in [0.25, 0.3) is 0 Å². The highest BCUT2D eigenvalue weighted by molar-refractivity contribution is 7.98. The lowest BCUT2D eigenvalue weighted by atomic mass is 10.3. The fourth-order valence-electron chi connectivity index (χ4n) is 1.42. The molecule has 0 bridgehead atoms. The molecule has 1 rings (SSSR count). The van der Waals surface area contributed by atoms with Crippen molar-refractivity contribution in [2.45, 2.75) is 11.9 Å². The van der Waals surface area contributed by atoms with Crippen LogP contribution in [-0.2, 0) is 5.75 Å². The minimum Gasteiger partial charge on any atom is -0.506 e. The number of hydrogen-bond donors (Lipinski definition) is 3. The Morgan fingerprint density at radius 3 is 2.83 bits per heavy atom. The van der Waals surface area contributed by atoms with Crippen molar-refractivity contribution in [2.24, 2.45) is 0 Å². The molecule has 0 spiro atoms. The third-order valence-electron chi connectivity index (χ3n) is 2.38. The van der Waals surface area contributed by atoms with E-state index >= 15 is 0 Å². The van der Waals surface area contributed by atoms with E-state index in [1.807, 2.05) is 5.32 Å². The normalized spacial score (nSPS) is 12.0. The summed E-state index contributed by atoms with van der Waals surface area (Å²) in [5.41, 5.74) is 0.494. The van der Waals surface area contributed by atoms with Crippen molar-refractivity contribution in [3.63, 3.8) is 0 Å². The Morgan fingerprint density at radius 1 is 1.48 bits per heavy atom. The minimum absolute atomic E-state index is 0.0636. The third kappa shape index (κ3) is 8.76. The number of rotatable bonds is 9. The largest absolute Gasteiger partial charge is 0.506 e. The predicted molar refractivity (Wildman–Crippen MR) is 79.2 cm³/mol. The van der Waals surface area contributed by atoms with Gasteiger partial charge in [-0.3, -0.25) is 15.1 Å². The van der Waals surface area contributed by atoms with Crippen LogP contribution >= 0.6 is 11.8 Å². The fraction of sp³-hybridized carbons (Fsp3) is 0.417. The van der Waals surface area contributed by atoms with E-state index in [2.05, 4.69) is 10.3 Å². The molecule has 1 aromatic rings. The highest BCUT2D eigenvalue weighted by Gasteiger charge is 2.27. The molecule has 0 aliphatic heterocycles. The summed E-state index contributed by atoms with van der Waals surface area (Å²) in [7, 11) is 0. The van der Waals surface area contributed by atoms with Gasteiger partial charge in [-0.1, -0.05) is 0 Å². The van der Waals surface area contributed by atoms with Gasteiger partial charge in [-0.05, 0) is 12.1 Å². The summed E-state index contributed by atoms with van der Waals surface area (Å²) in [4.78, 5) is 13.5. The molecular weight excluding hydrogens is 337 g/mol. The van der Waals surface area contributed by atoms with E-state index in [0.29, 0.717) is 23.4 Å². The van der Waals surface area contributed by atoms with Gasteiger partial charge in [-0.15, -0.1) is 0 Å². The molecule has 0 saturated heterocycles. The molecule has 0 unspecified atom stereocenters. The average Bonchev–Trinajstić information content (AvgIpc) is 2.44. The molecule has 0 fully saturated rings. The molecule has 23 heavy (non-hydrogen) atoms. The van der Waals surface area contributed by atoms with Crippen LogP contribution in [-0.4, -0.2) is 40.0 Å². The molecule has 3 N–H and O–H groups in total. The molecule has 1 heterocycles. The smallest absolute Gasteiger partial charge is 0.405 e.